The summed E-state index contributed by atoms with van der Waals surface area (Å²) in [6.07, 6.45) is 0.545. The highest BCUT2D eigenvalue weighted by Gasteiger charge is 2.23. The third-order valence-electron chi connectivity index (χ3n) is 3.87. The van der Waals surface area contributed by atoms with Crippen molar-refractivity contribution in [3.8, 4) is 0 Å². The first-order valence-corrected chi connectivity index (χ1v) is 7.49. The molecule has 0 spiro atoms. The van der Waals surface area contributed by atoms with Crippen molar-refractivity contribution in [1.29, 1.82) is 0 Å². The molecule has 1 aromatic rings. The summed E-state index contributed by atoms with van der Waals surface area (Å²) in [7, 11) is 0. The van der Waals surface area contributed by atoms with Crippen molar-refractivity contribution in [2.24, 2.45) is 5.73 Å². The molecule has 2 heterocycles. The number of halogens is 1. The predicted octanol–water partition coefficient (Wildman–Crippen LogP) is -0.0852. The zero-order chi connectivity index (χ0) is 16.1. The van der Waals surface area contributed by atoms with Gasteiger partial charge in [-0.15, -0.1) is 12.4 Å². The molecule has 1 aliphatic rings. The number of rotatable bonds is 5. The Morgan fingerprint density at radius 1 is 1.26 bits per heavy atom. The Kier molecular flexibility index (Phi) is 7.41. The molecule has 23 heavy (non-hydrogen) atoms. The molecule has 0 atom stereocenters. The van der Waals surface area contributed by atoms with Gasteiger partial charge in [-0.1, -0.05) is 6.92 Å². The van der Waals surface area contributed by atoms with Gasteiger partial charge in [-0.05, 0) is 18.6 Å². The van der Waals surface area contributed by atoms with E-state index < -0.39 is 5.91 Å². The van der Waals surface area contributed by atoms with E-state index in [9.17, 15) is 9.59 Å². The maximum atomic E-state index is 12.5. The van der Waals surface area contributed by atoms with Crippen LogP contribution < -0.4 is 5.73 Å². The smallest absolute Gasteiger partial charge is 0.272 e. The Labute approximate surface area is 141 Å². The number of primary amides is 1. The largest absolute Gasteiger partial charge is 0.395 e. The molecule has 2 rings (SSSR count). The molecule has 2 amide bonds. The van der Waals surface area contributed by atoms with E-state index in [-0.39, 0.29) is 24.9 Å². The Morgan fingerprint density at radius 2 is 1.91 bits per heavy atom. The lowest BCUT2D eigenvalue weighted by Gasteiger charge is -2.34. The Balaban J connectivity index is 0.00000264. The highest BCUT2D eigenvalue weighted by molar-refractivity contribution is 5.96. The van der Waals surface area contributed by atoms with Crippen LogP contribution in [0.25, 0.3) is 0 Å². The Morgan fingerprint density at radius 3 is 2.43 bits per heavy atom. The minimum absolute atomic E-state index is 0. The lowest BCUT2D eigenvalue weighted by molar-refractivity contribution is 0.0608. The van der Waals surface area contributed by atoms with Crippen LogP contribution in [-0.4, -0.2) is 71.0 Å². The zero-order valence-electron chi connectivity index (χ0n) is 13.2. The molecule has 1 aliphatic heterocycles. The number of pyridine rings is 1. The van der Waals surface area contributed by atoms with Crippen molar-refractivity contribution in [3.63, 3.8) is 0 Å². The summed E-state index contributed by atoms with van der Waals surface area (Å²) in [6, 6.07) is 3.13. The zero-order valence-corrected chi connectivity index (χ0v) is 14.0. The maximum absolute atomic E-state index is 12.5. The summed E-state index contributed by atoms with van der Waals surface area (Å²) in [5.74, 6) is -0.657. The molecular formula is C15H23ClN4O3. The van der Waals surface area contributed by atoms with Crippen molar-refractivity contribution in [3.05, 3.63) is 29.1 Å². The number of amides is 2. The van der Waals surface area contributed by atoms with Crippen LogP contribution in [0.2, 0.25) is 0 Å². The molecule has 0 unspecified atom stereocenters. The van der Waals surface area contributed by atoms with Gasteiger partial charge in [0.05, 0.1) is 17.9 Å². The SMILES string of the molecule is CCc1nc(C(=O)N2CCN(CCO)CC2)ccc1C(N)=O.Cl. The first-order chi connectivity index (χ1) is 10.6. The molecule has 0 aromatic carbocycles. The number of aryl methyl sites for hydroxylation is 1. The normalized spacial score (nSPS) is 15.1. The number of piperazine rings is 1. The fourth-order valence-corrected chi connectivity index (χ4v) is 2.59. The Hall–Kier alpha value is -1.70. The van der Waals surface area contributed by atoms with Crippen molar-refractivity contribution in [2.45, 2.75) is 13.3 Å². The first-order valence-electron chi connectivity index (χ1n) is 7.49. The number of carbonyl (C=O) groups is 2. The number of aromatic nitrogens is 1. The molecule has 1 fully saturated rings. The maximum Gasteiger partial charge on any atom is 0.272 e. The highest BCUT2D eigenvalue weighted by atomic mass is 35.5. The van der Waals surface area contributed by atoms with E-state index in [1.807, 2.05) is 6.92 Å². The summed E-state index contributed by atoms with van der Waals surface area (Å²) in [5.41, 5.74) is 6.57. The van der Waals surface area contributed by atoms with Gasteiger partial charge in [0, 0.05) is 32.7 Å². The number of nitrogens with zero attached hydrogens (tertiary/aromatic N) is 3. The molecule has 0 saturated carbocycles. The molecule has 0 bridgehead atoms. The van der Waals surface area contributed by atoms with Crippen LogP contribution in [0.1, 0.15) is 33.5 Å². The average Bonchev–Trinajstić information content (AvgIpc) is 2.54. The van der Waals surface area contributed by atoms with Crippen molar-refractivity contribution < 1.29 is 14.7 Å². The summed E-state index contributed by atoms with van der Waals surface area (Å²) in [5, 5.41) is 8.93. The van der Waals surface area contributed by atoms with Crippen LogP contribution in [0.3, 0.4) is 0 Å². The van der Waals surface area contributed by atoms with Gasteiger partial charge in [-0.2, -0.15) is 0 Å². The monoisotopic (exact) mass is 342 g/mol. The van der Waals surface area contributed by atoms with Gasteiger partial charge in [-0.3, -0.25) is 14.5 Å². The summed E-state index contributed by atoms with van der Waals surface area (Å²) in [6.45, 7) is 5.34. The minimum Gasteiger partial charge on any atom is -0.395 e. The fraction of sp³-hybridized carbons (Fsp3) is 0.533. The number of aliphatic hydroxyl groups excluding tert-OH is 1. The number of hydrogen-bond donors (Lipinski definition) is 2. The van der Waals surface area contributed by atoms with Crippen LogP contribution in [-0.2, 0) is 6.42 Å². The quantitative estimate of drug-likeness (QED) is 0.779. The summed E-state index contributed by atoms with van der Waals surface area (Å²) >= 11 is 0. The molecule has 1 aromatic heterocycles. The molecule has 1 saturated heterocycles. The predicted molar refractivity (Wildman–Crippen MR) is 88.8 cm³/mol. The van der Waals surface area contributed by atoms with Crippen LogP contribution in [0, 0.1) is 0 Å². The van der Waals surface area contributed by atoms with E-state index in [4.69, 9.17) is 10.8 Å². The van der Waals surface area contributed by atoms with E-state index in [0.717, 1.165) is 13.1 Å². The van der Waals surface area contributed by atoms with Gasteiger partial charge in [0.1, 0.15) is 5.69 Å². The number of β-amino-alcohol motifs (C(OH)–C–C–N with tert-alkyl or cyclic N) is 1. The second kappa shape index (κ2) is 8.81. The van der Waals surface area contributed by atoms with Gasteiger partial charge in [0.25, 0.3) is 11.8 Å². The van der Waals surface area contributed by atoms with Crippen LogP contribution in [0.5, 0.6) is 0 Å². The third kappa shape index (κ3) is 4.63. The minimum atomic E-state index is -0.527. The van der Waals surface area contributed by atoms with E-state index in [1.54, 1.807) is 17.0 Å². The van der Waals surface area contributed by atoms with Crippen LogP contribution in [0.4, 0.5) is 0 Å². The highest BCUT2D eigenvalue weighted by Crippen LogP contribution is 2.12. The number of aliphatic hydroxyl groups is 1. The second-order valence-corrected chi connectivity index (χ2v) is 5.27. The van der Waals surface area contributed by atoms with E-state index in [1.165, 1.54) is 0 Å². The number of hydrogen-bond acceptors (Lipinski definition) is 5. The lowest BCUT2D eigenvalue weighted by atomic mass is 10.1. The lowest BCUT2D eigenvalue weighted by Crippen LogP contribution is -2.49. The second-order valence-electron chi connectivity index (χ2n) is 5.27. The summed E-state index contributed by atoms with van der Waals surface area (Å²) in [4.78, 5) is 32.0. The van der Waals surface area contributed by atoms with Crippen LogP contribution >= 0.6 is 12.4 Å². The van der Waals surface area contributed by atoms with Gasteiger partial charge in [0.2, 0.25) is 0 Å². The van der Waals surface area contributed by atoms with Crippen molar-refractivity contribution >= 4 is 24.2 Å². The van der Waals surface area contributed by atoms with E-state index in [2.05, 4.69) is 9.88 Å². The summed E-state index contributed by atoms with van der Waals surface area (Å²) < 4.78 is 0. The van der Waals surface area contributed by atoms with Gasteiger partial charge >= 0.3 is 0 Å². The topological polar surface area (TPSA) is 99.8 Å². The molecule has 0 aliphatic carbocycles. The average molecular weight is 343 g/mol. The third-order valence-corrected chi connectivity index (χ3v) is 3.87. The van der Waals surface area contributed by atoms with E-state index >= 15 is 0 Å². The van der Waals surface area contributed by atoms with E-state index in [0.29, 0.717) is 43.0 Å². The fourth-order valence-electron chi connectivity index (χ4n) is 2.59. The number of nitrogens with two attached hydrogens (primary N) is 1. The molecule has 3 N–H and O–H groups in total. The molecule has 128 valence electrons. The van der Waals surface area contributed by atoms with Crippen LogP contribution in [0.15, 0.2) is 12.1 Å². The number of carbonyl (C=O) groups excluding carboxylic acids is 2. The molecular weight excluding hydrogens is 320 g/mol. The van der Waals surface area contributed by atoms with Gasteiger partial charge in [-0.25, -0.2) is 4.98 Å². The van der Waals surface area contributed by atoms with Crippen molar-refractivity contribution in [1.82, 2.24) is 14.8 Å². The Bertz CT molecular complexity index is 560. The van der Waals surface area contributed by atoms with Gasteiger partial charge in [0.15, 0.2) is 0 Å². The first kappa shape index (κ1) is 19.3. The molecule has 8 heteroatoms. The van der Waals surface area contributed by atoms with Gasteiger partial charge < -0.3 is 15.7 Å². The van der Waals surface area contributed by atoms with Crippen molar-refractivity contribution in [2.75, 3.05) is 39.3 Å². The molecule has 7 nitrogen and oxygen atoms in total. The molecule has 0 radical (unpaired) electrons. The standard InChI is InChI=1S/C15H22N4O3.ClH/c1-2-12-11(14(16)21)3-4-13(17-12)15(22)19-7-5-18(6-8-19)9-10-20;/h3-4,20H,2,5-10H2,1H3,(H2,16,21);1H.